The summed E-state index contributed by atoms with van der Waals surface area (Å²) in [7, 11) is 0. The van der Waals surface area contributed by atoms with Crippen LogP contribution in [-0.2, 0) is 14.4 Å². The van der Waals surface area contributed by atoms with Crippen LogP contribution in [0.3, 0.4) is 0 Å². The van der Waals surface area contributed by atoms with Crippen molar-refractivity contribution in [1.82, 2.24) is 10.6 Å². The molecule has 6 N–H and O–H groups in total. The highest BCUT2D eigenvalue weighted by Crippen LogP contribution is 2.31. The van der Waals surface area contributed by atoms with Crippen molar-refractivity contribution in [2.24, 2.45) is 29.2 Å². The summed E-state index contributed by atoms with van der Waals surface area (Å²) < 4.78 is 0. The van der Waals surface area contributed by atoms with Crippen molar-refractivity contribution < 1.29 is 14.4 Å². The first-order valence-electron chi connectivity index (χ1n) is 9.41. The summed E-state index contributed by atoms with van der Waals surface area (Å²) in [6, 6.07) is -0.706. The Morgan fingerprint density at radius 3 is 2.24 bits per heavy atom. The summed E-state index contributed by atoms with van der Waals surface area (Å²) >= 11 is 0. The molecule has 1 fully saturated rings. The van der Waals surface area contributed by atoms with Gasteiger partial charge in [0.1, 0.15) is 0 Å². The number of carbonyl (C=O) groups is 3. The summed E-state index contributed by atoms with van der Waals surface area (Å²) in [5.74, 6) is -0.616. The number of hydrogen-bond donors (Lipinski definition) is 4. The molecule has 144 valence electrons. The number of Topliss-reactive ketones (excluding diaryl/α,β-unsaturated/α-hetero) is 1. The van der Waals surface area contributed by atoms with Crippen molar-refractivity contribution >= 4 is 17.6 Å². The number of carbonyl (C=O) groups excluding carboxylic acids is 3. The largest absolute Gasteiger partial charge is 0.347 e. The van der Waals surface area contributed by atoms with Crippen LogP contribution < -0.4 is 22.1 Å². The van der Waals surface area contributed by atoms with E-state index in [4.69, 9.17) is 11.5 Å². The van der Waals surface area contributed by atoms with Gasteiger partial charge in [-0.25, -0.2) is 0 Å². The molecule has 0 aromatic heterocycles. The molecule has 1 aliphatic rings. The minimum absolute atomic E-state index is 0.0502. The quantitative estimate of drug-likeness (QED) is 0.449. The van der Waals surface area contributed by atoms with Gasteiger partial charge in [-0.1, -0.05) is 33.1 Å². The van der Waals surface area contributed by atoms with Gasteiger partial charge >= 0.3 is 0 Å². The van der Waals surface area contributed by atoms with Gasteiger partial charge in [-0.15, -0.1) is 0 Å². The van der Waals surface area contributed by atoms with E-state index >= 15 is 0 Å². The van der Waals surface area contributed by atoms with Gasteiger partial charge in [0.05, 0.1) is 12.6 Å². The van der Waals surface area contributed by atoms with E-state index in [1.807, 2.05) is 0 Å². The third kappa shape index (κ3) is 7.12. The Labute approximate surface area is 150 Å². The van der Waals surface area contributed by atoms with Crippen LogP contribution in [0.15, 0.2) is 0 Å². The normalized spacial score (nSPS) is 17.8. The number of nitrogens with two attached hydrogens (primary N) is 2. The van der Waals surface area contributed by atoms with Crippen molar-refractivity contribution in [3.05, 3.63) is 0 Å². The van der Waals surface area contributed by atoms with E-state index in [1.165, 1.54) is 6.42 Å². The summed E-state index contributed by atoms with van der Waals surface area (Å²) in [4.78, 5) is 36.5. The molecule has 25 heavy (non-hydrogen) atoms. The highest BCUT2D eigenvalue weighted by Gasteiger charge is 2.29. The monoisotopic (exact) mass is 354 g/mol. The molecule has 1 aliphatic carbocycles. The molecular weight excluding hydrogens is 320 g/mol. The first kappa shape index (κ1) is 21.6. The number of ketones is 1. The molecule has 2 amide bonds. The number of amides is 2. The topological polar surface area (TPSA) is 127 Å². The molecule has 0 saturated heterocycles. The van der Waals surface area contributed by atoms with Gasteiger partial charge in [-0.05, 0) is 31.7 Å². The van der Waals surface area contributed by atoms with Crippen LogP contribution in [0.2, 0.25) is 0 Å². The van der Waals surface area contributed by atoms with Crippen molar-refractivity contribution in [2.75, 3.05) is 19.6 Å². The molecule has 0 radical (unpaired) electrons. The van der Waals surface area contributed by atoms with Gasteiger partial charge in [0, 0.05) is 18.4 Å². The lowest BCUT2D eigenvalue weighted by Crippen LogP contribution is -2.51. The van der Waals surface area contributed by atoms with Crippen LogP contribution in [0.25, 0.3) is 0 Å². The highest BCUT2D eigenvalue weighted by atomic mass is 16.2. The molecule has 0 aromatic rings. The minimum atomic E-state index is -0.706. The Bertz CT molecular complexity index is 448. The SMILES string of the molecule is CC(C)C(=O)C(CN)NC(=O)CNC(=O)C(CCN)C1CCCCC1. The smallest absolute Gasteiger partial charge is 0.240 e. The van der Waals surface area contributed by atoms with E-state index in [1.54, 1.807) is 13.8 Å². The first-order chi connectivity index (χ1) is 11.9. The summed E-state index contributed by atoms with van der Waals surface area (Å²) in [5, 5.41) is 5.30. The Morgan fingerprint density at radius 2 is 1.72 bits per heavy atom. The lowest BCUT2D eigenvalue weighted by molar-refractivity contribution is -0.131. The maximum Gasteiger partial charge on any atom is 0.240 e. The van der Waals surface area contributed by atoms with Gasteiger partial charge in [0.15, 0.2) is 5.78 Å². The van der Waals surface area contributed by atoms with Crippen LogP contribution in [-0.4, -0.2) is 43.3 Å². The Kier molecular flexibility index (Phi) is 9.67. The average molecular weight is 354 g/mol. The zero-order valence-electron chi connectivity index (χ0n) is 15.6. The molecule has 1 rings (SSSR count). The van der Waals surface area contributed by atoms with E-state index in [-0.39, 0.29) is 36.6 Å². The average Bonchev–Trinajstić information content (AvgIpc) is 2.62. The molecule has 2 atom stereocenters. The van der Waals surface area contributed by atoms with E-state index < -0.39 is 11.9 Å². The summed E-state index contributed by atoms with van der Waals surface area (Å²) in [6.07, 6.45) is 6.24. The van der Waals surface area contributed by atoms with E-state index in [9.17, 15) is 14.4 Å². The zero-order chi connectivity index (χ0) is 18.8. The van der Waals surface area contributed by atoms with E-state index in [0.29, 0.717) is 18.9 Å². The lowest BCUT2D eigenvalue weighted by Gasteiger charge is -2.29. The standard InChI is InChI=1S/C18H34N4O3/c1-12(2)17(24)15(10-20)22-16(23)11-21-18(25)14(8-9-19)13-6-4-3-5-7-13/h12-15H,3-11,19-20H2,1-2H3,(H,21,25)(H,22,23). The van der Waals surface area contributed by atoms with Gasteiger partial charge in [0.2, 0.25) is 11.8 Å². The molecule has 7 nitrogen and oxygen atoms in total. The van der Waals surface area contributed by atoms with Crippen LogP contribution in [0.4, 0.5) is 0 Å². The molecular formula is C18H34N4O3. The Morgan fingerprint density at radius 1 is 1.08 bits per heavy atom. The van der Waals surface area contributed by atoms with Crippen LogP contribution >= 0.6 is 0 Å². The molecule has 0 heterocycles. The van der Waals surface area contributed by atoms with Gasteiger partial charge in [-0.2, -0.15) is 0 Å². The molecule has 7 heteroatoms. The van der Waals surface area contributed by atoms with Crippen LogP contribution in [0.5, 0.6) is 0 Å². The van der Waals surface area contributed by atoms with Gasteiger partial charge in [-0.3, -0.25) is 14.4 Å². The minimum Gasteiger partial charge on any atom is -0.347 e. The predicted molar refractivity (Wildman–Crippen MR) is 97.6 cm³/mol. The van der Waals surface area contributed by atoms with E-state index in [2.05, 4.69) is 10.6 Å². The molecule has 0 aliphatic heterocycles. The Hall–Kier alpha value is -1.47. The van der Waals surface area contributed by atoms with Crippen molar-refractivity contribution in [3.63, 3.8) is 0 Å². The highest BCUT2D eigenvalue weighted by molar-refractivity contribution is 5.92. The zero-order valence-corrected chi connectivity index (χ0v) is 15.6. The number of hydrogen-bond acceptors (Lipinski definition) is 5. The molecule has 0 aromatic carbocycles. The third-order valence-corrected chi connectivity index (χ3v) is 4.94. The Balaban J connectivity index is 2.51. The van der Waals surface area contributed by atoms with Crippen molar-refractivity contribution in [3.8, 4) is 0 Å². The van der Waals surface area contributed by atoms with Crippen LogP contribution in [0.1, 0.15) is 52.4 Å². The maximum atomic E-state index is 12.5. The van der Waals surface area contributed by atoms with Gasteiger partial charge < -0.3 is 22.1 Å². The molecule has 2 unspecified atom stereocenters. The fourth-order valence-corrected chi connectivity index (χ4v) is 3.49. The molecule has 0 bridgehead atoms. The summed E-state index contributed by atoms with van der Waals surface area (Å²) in [5.41, 5.74) is 11.2. The predicted octanol–water partition coefficient (Wildman–Crippen LogP) is 0.317. The second kappa shape index (κ2) is 11.2. The lowest BCUT2D eigenvalue weighted by atomic mass is 9.78. The summed E-state index contributed by atoms with van der Waals surface area (Å²) in [6.45, 7) is 3.89. The fourth-order valence-electron chi connectivity index (χ4n) is 3.49. The number of nitrogens with one attached hydrogen (secondary N) is 2. The third-order valence-electron chi connectivity index (χ3n) is 4.94. The van der Waals surface area contributed by atoms with Crippen molar-refractivity contribution in [2.45, 2.75) is 58.4 Å². The van der Waals surface area contributed by atoms with Gasteiger partial charge in [0.25, 0.3) is 0 Å². The van der Waals surface area contributed by atoms with Crippen LogP contribution in [0, 0.1) is 17.8 Å². The number of rotatable bonds is 10. The molecule has 1 saturated carbocycles. The molecule has 0 spiro atoms. The second-order valence-corrected chi connectivity index (χ2v) is 7.21. The second-order valence-electron chi connectivity index (χ2n) is 7.21. The maximum absolute atomic E-state index is 12.5. The fraction of sp³-hybridized carbons (Fsp3) is 0.833. The first-order valence-corrected chi connectivity index (χ1v) is 9.41. The van der Waals surface area contributed by atoms with Crippen molar-refractivity contribution in [1.29, 1.82) is 0 Å². The van der Waals surface area contributed by atoms with E-state index in [0.717, 1.165) is 25.7 Å².